The van der Waals surface area contributed by atoms with Gasteiger partial charge in [0.25, 0.3) is 0 Å². The Bertz CT molecular complexity index is 429. The summed E-state index contributed by atoms with van der Waals surface area (Å²) in [6, 6.07) is -1.18. The van der Waals surface area contributed by atoms with Gasteiger partial charge in [-0.3, -0.25) is 4.79 Å². The number of hydrogen-bond donors (Lipinski definition) is 3. The number of rotatable bonds is 5. The van der Waals surface area contributed by atoms with E-state index in [1.165, 1.54) is 0 Å². The molecule has 0 aliphatic heterocycles. The first-order valence-corrected chi connectivity index (χ1v) is 5.56. The van der Waals surface area contributed by atoms with Gasteiger partial charge in [0.1, 0.15) is 6.04 Å². The highest BCUT2D eigenvalue weighted by atomic mass is 16.4. The Balaban J connectivity index is 2.51. The van der Waals surface area contributed by atoms with E-state index >= 15 is 0 Å². The summed E-state index contributed by atoms with van der Waals surface area (Å²) in [5.41, 5.74) is 4.85. The van der Waals surface area contributed by atoms with Gasteiger partial charge in [-0.15, -0.1) is 10.2 Å². The lowest BCUT2D eigenvalue weighted by Crippen LogP contribution is -2.40. The molecule has 1 aromatic rings. The average Bonchev–Trinajstić information content (AvgIpc) is 2.75. The van der Waals surface area contributed by atoms with E-state index in [2.05, 4.69) is 20.8 Å². The number of urea groups is 1. The third-order valence-corrected chi connectivity index (χ3v) is 2.12. The fraction of sp³-hybridized carbons (Fsp3) is 0.600. The number of nitrogens with zero attached hydrogens (tertiary/aromatic N) is 2. The zero-order valence-corrected chi connectivity index (χ0v) is 10.6. The molecule has 0 spiro atoms. The topological polar surface area (TPSA) is 123 Å². The SMILES string of the molecule is CC(C)c1nnc(C(C)NC(=O)CNC(N)=O)o1. The molecule has 4 N–H and O–H groups in total. The third-order valence-electron chi connectivity index (χ3n) is 2.12. The maximum atomic E-state index is 11.4. The number of nitrogens with one attached hydrogen (secondary N) is 2. The van der Waals surface area contributed by atoms with E-state index in [1.807, 2.05) is 13.8 Å². The molecule has 1 aromatic heterocycles. The van der Waals surface area contributed by atoms with E-state index in [-0.39, 0.29) is 18.4 Å². The first kappa shape index (κ1) is 13.9. The van der Waals surface area contributed by atoms with Crippen molar-refractivity contribution in [2.24, 2.45) is 5.73 Å². The summed E-state index contributed by atoms with van der Waals surface area (Å²) in [7, 11) is 0. The zero-order chi connectivity index (χ0) is 13.7. The van der Waals surface area contributed by atoms with Crippen LogP contribution < -0.4 is 16.4 Å². The molecule has 0 fully saturated rings. The van der Waals surface area contributed by atoms with Crippen LogP contribution in [0.5, 0.6) is 0 Å². The molecule has 1 atom stereocenters. The number of amides is 3. The maximum Gasteiger partial charge on any atom is 0.312 e. The highest BCUT2D eigenvalue weighted by Gasteiger charge is 2.17. The first-order chi connectivity index (χ1) is 8.40. The van der Waals surface area contributed by atoms with Crippen LogP contribution in [0.1, 0.15) is 44.5 Å². The molecule has 0 saturated heterocycles. The first-order valence-electron chi connectivity index (χ1n) is 5.56. The lowest BCUT2D eigenvalue weighted by Gasteiger charge is -2.09. The number of carbonyl (C=O) groups excluding carboxylic acids is 2. The third kappa shape index (κ3) is 4.04. The van der Waals surface area contributed by atoms with Crippen molar-refractivity contribution in [1.82, 2.24) is 20.8 Å². The molecule has 0 aliphatic rings. The van der Waals surface area contributed by atoms with Crippen LogP contribution in [0.3, 0.4) is 0 Å². The maximum absolute atomic E-state index is 11.4. The Morgan fingerprint density at radius 3 is 2.39 bits per heavy atom. The molecule has 1 rings (SSSR count). The van der Waals surface area contributed by atoms with Crippen LogP contribution in [0.25, 0.3) is 0 Å². The minimum Gasteiger partial charge on any atom is -0.423 e. The van der Waals surface area contributed by atoms with Gasteiger partial charge in [-0.1, -0.05) is 13.8 Å². The molecule has 1 heterocycles. The molecule has 100 valence electrons. The number of primary amides is 1. The quantitative estimate of drug-likeness (QED) is 0.685. The van der Waals surface area contributed by atoms with Crippen molar-refractivity contribution in [3.05, 3.63) is 11.8 Å². The van der Waals surface area contributed by atoms with Crippen LogP contribution in [0, 0.1) is 0 Å². The van der Waals surface area contributed by atoms with Crippen LogP contribution in [0.15, 0.2) is 4.42 Å². The summed E-state index contributed by atoms with van der Waals surface area (Å²) < 4.78 is 5.38. The van der Waals surface area contributed by atoms with E-state index in [1.54, 1.807) is 6.92 Å². The van der Waals surface area contributed by atoms with Gasteiger partial charge < -0.3 is 20.8 Å². The number of nitrogens with two attached hydrogens (primary N) is 1. The van der Waals surface area contributed by atoms with E-state index < -0.39 is 12.1 Å². The molecular formula is C10H17N5O3. The van der Waals surface area contributed by atoms with Gasteiger partial charge in [0.2, 0.25) is 17.7 Å². The standard InChI is InChI=1S/C10H17N5O3/c1-5(2)8-14-15-9(18-8)6(3)13-7(16)4-12-10(11)17/h5-6H,4H2,1-3H3,(H,13,16)(H3,11,12,17). The van der Waals surface area contributed by atoms with Gasteiger partial charge in [0, 0.05) is 5.92 Å². The number of aromatic nitrogens is 2. The van der Waals surface area contributed by atoms with Gasteiger partial charge in [0.05, 0.1) is 6.54 Å². The summed E-state index contributed by atoms with van der Waals surface area (Å²) in [5, 5.41) is 12.5. The summed E-state index contributed by atoms with van der Waals surface area (Å²) >= 11 is 0. The molecule has 18 heavy (non-hydrogen) atoms. The van der Waals surface area contributed by atoms with Crippen molar-refractivity contribution < 1.29 is 14.0 Å². The fourth-order valence-corrected chi connectivity index (χ4v) is 1.18. The van der Waals surface area contributed by atoms with Gasteiger partial charge in [-0.2, -0.15) is 0 Å². The summed E-state index contributed by atoms with van der Waals surface area (Å²) in [6.07, 6.45) is 0. The molecule has 0 saturated carbocycles. The lowest BCUT2D eigenvalue weighted by molar-refractivity contribution is -0.120. The van der Waals surface area contributed by atoms with Crippen molar-refractivity contribution in [2.75, 3.05) is 6.54 Å². The molecule has 8 nitrogen and oxygen atoms in total. The Hall–Kier alpha value is -2.12. The molecule has 0 radical (unpaired) electrons. The Morgan fingerprint density at radius 1 is 1.28 bits per heavy atom. The minimum atomic E-state index is -0.752. The average molecular weight is 255 g/mol. The Morgan fingerprint density at radius 2 is 1.89 bits per heavy atom. The smallest absolute Gasteiger partial charge is 0.312 e. The summed E-state index contributed by atoms with van der Waals surface area (Å²) in [4.78, 5) is 21.8. The highest BCUT2D eigenvalue weighted by molar-refractivity contribution is 5.83. The van der Waals surface area contributed by atoms with Gasteiger partial charge in [-0.05, 0) is 6.92 Å². The molecule has 0 aliphatic carbocycles. The highest BCUT2D eigenvalue weighted by Crippen LogP contribution is 2.16. The van der Waals surface area contributed by atoms with Gasteiger partial charge in [0.15, 0.2) is 0 Å². The van der Waals surface area contributed by atoms with Crippen molar-refractivity contribution in [3.63, 3.8) is 0 Å². The van der Waals surface area contributed by atoms with Gasteiger partial charge in [-0.25, -0.2) is 4.79 Å². The molecular weight excluding hydrogens is 238 g/mol. The predicted octanol–water partition coefficient (Wildman–Crippen LogP) is 0.0385. The van der Waals surface area contributed by atoms with Gasteiger partial charge >= 0.3 is 6.03 Å². The van der Waals surface area contributed by atoms with Crippen molar-refractivity contribution in [2.45, 2.75) is 32.7 Å². The van der Waals surface area contributed by atoms with E-state index in [4.69, 9.17) is 10.2 Å². The molecule has 0 aromatic carbocycles. The number of hydrogen-bond acceptors (Lipinski definition) is 5. The van der Waals surface area contributed by atoms with Crippen molar-refractivity contribution in [1.29, 1.82) is 0 Å². The molecule has 3 amide bonds. The largest absolute Gasteiger partial charge is 0.423 e. The van der Waals surface area contributed by atoms with Crippen LogP contribution in [-0.2, 0) is 4.79 Å². The zero-order valence-electron chi connectivity index (χ0n) is 10.6. The second kappa shape index (κ2) is 5.99. The van der Waals surface area contributed by atoms with Crippen LogP contribution in [-0.4, -0.2) is 28.7 Å². The Kier molecular flexibility index (Phi) is 4.64. The van der Waals surface area contributed by atoms with E-state index in [0.717, 1.165) is 0 Å². The van der Waals surface area contributed by atoms with E-state index in [0.29, 0.717) is 11.8 Å². The van der Waals surface area contributed by atoms with Crippen LogP contribution >= 0.6 is 0 Å². The normalized spacial score (nSPS) is 12.2. The molecule has 1 unspecified atom stereocenters. The summed E-state index contributed by atoms with van der Waals surface area (Å²) in [5.74, 6) is 0.587. The number of carbonyl (C=O) groups is 2. The Labute approximate surface area is 104 Å². The minimum absolute atomic E-state index is 0.130. The van der Waals surface area contributed by atoms with Crippen molar-refractivity contribution >= 4 is 11.9 Å². The van der Waals surface area contributed by atoms with E-state index in [9.17, 15) is 9.59 Å². The van der Waals surface area contributed by atoms with Crippen molar-refractivity contribution in [3.8, 4) is 0 Å². The summed E-state index contributed by atoms with van der Waals surface area (Å²) in [6.45, 7) is 5.37. The monoisotopic (exact) mass is 255 g/mol. The lowest BCUT2D eigenvalue weighted by atomic mass is 10.2. The predicted molar refractivity (Wildman–Crippen MR) is 62.5 cm³/mol. The second-order valence-corrected chi connectivity index (χ2v) is 4.14. The van der Waals surface area contributed by atoms with Crippen LogP contribution in [0.4, 0.5) is 4.79 Å². The molecule has 8 heteroatoms. The second-order valence-electron chi connectivity index (χ2n) is 4.14. The fourth-order valence-electron chi connectivity index (χ4n) is 1.18. The molecule has 0 bridgehead atoms. The van der Waals surface area contributed by atoms with Crippen LogP contribution in [0.2, 0.25) is 0 Å².